The second kappa shape index (κ2) is 23.9. The molecule has 7 aromatic carbocycles. The number of hydrogen-bond donors (Lipinski definition) is 9. The third-order valence-corrected chi connectivity index (χ3v) is 22.7. The number of fused-ring (bicyclic) bond motifs is 14. The molecule has 0 saturated carbocycles. The van der Waals surface area contributed by atoms with E-state index in [-0.39, 0.29) is 60.8 Å². The number of oxazole rings is 4. The summed E-state index contributed by atoms with van der Waals surface area (Å²) in [5.41, 5.74) is 15.3. The maximum atomic E-state index is 14.3. The Morgan fingerprint density at radius 1 is 0.565 bits per heavy atom. The van der Waals surface area contributed by atoms with E-state index in [1.807, 2.05) is 119 Å². The van der Waals surface area contributed by atoms with E-state index >= 15 is 0 Å². The Balaban J connectivity index is 0.000000143. The third kappa shape index (κ3) is 9.50. The number of H-pyrrole nitrogens is 2. The fourth-order valence-electron chi connectivity index (χ4n) is 17.4. The van der Waals surface area contributed by atoms with Crippen LogP contribution < -0.4 is 41.4 Å². The minimum absolute atomic E-state index is 0.0632. The van der Waals surface area contributed by atoms with Gasteiger partial charge in [-0.3, -0.25) is 14.4 Å². The van der Waals surface area contributed by atoms with Crippen LogP contribution in [-0.2, 0) is 49.4 Å². The van der Waals surface area contributed by atoms with Crippen molar-refractivity contribution in [2.75, 3.05) is 10.6 Å². The summed E-state index contributed by atoms with van der Waals surface area (Å²) in [6, 6.07) is 40.8. The van der Waals surface area contributed by atoms with Crippen molar-refractivity contribution in [3.8, 4) is 79.6 Å². The van der Waals surface area contributed by atoms with Gasteiger partial charge in [0.2, 0.25) is 41.3 Å². The number of rotatable bonds is 8. The largest absolute Gasteiger partial charge is 0.469 e. The van der Waals surface area contributed by atoms with Gasteiger partial charge in [0.1, 0.15) is 59.2 Å². The van der Waals surface area contributed by atoms with Crippen LogP contribution in [0.3, 0.4) is 0 Å². The van der Waals surface area contributed by atoms with E-state index in [1.54, 1.807) is 26.2 Å². The van der Waals surface area contributed by atoms with Crippen molar-refractivity contribution in [1.82, 2.24) is 51.2 Å². The van der Waals surface area contributed by atoms with Crippen molar-refractivity contribution in [1.29, 1.82) is 0 Å². The summed E-state index contributed by atoms with van der Waals surface area (Å²) >= 11 is 0. The quantitative estimate of drug-likeness (QED) is 0.0682. The summed E-state index contributed by atoms with van der Waals surface area (Å²) in [7, 11) is 0. The van der Waals surface area contributed by atoms with E-state index in [9.17, 15) is 24.3 Å². The zero-order chi connectivity index (χ0) is 73.5. The fraction of sp³-hybridized carbons (Fsp3) is 0.262. The predicted octanol–water partition coefficient (Wildman–Crippen LogP) is 13.7. The van der Waals surface area contributed by atoms with Crippen molar-refractivity contribution < 1.29 is 56.2 Å². The topological polar surface area (TPSA) is 324 Å². The molecule has 6 aromatic heterocycles. The standard InChI is InChI=1S/C44H36N6O6.C40H36N6O6/c1-21(2)34-41-49-37-38(56-41)44-28-11-7-10-26(25-14-12-22(3)35-33(25)27(18-45-35)32-19-46-40(37)54-32)36(28)50-42(44)55-31-15-13-24(16-29(31)44)17-30(39(51)48-34)47-43(52)53-20-23-8-5-4-6-9-23;1-17(2)30-38-45-32-34(52-38)40-23-9-5-8-21(20-7-6-10-25-29(20)22(15-41-25)28-16-42-37(32)50-28)31(23)46-39(40)51-27-12-11-19(13-24(27)40)14-26(35(48)44-30)43-36(49)33(47)18(3)4/h4-16,18-19,21,30,34,42,45,50H,17,20H2,1-3H3,(H,47,52)(H,48,51);5-13,15-18,26,30,33,39,41,46-47H,14H2,1-4H3,(H,43,49)(H,44,48)/t30-,34-,42?,44-;26-,30-,33-,39?,40-/m00/s1. The summed E-state index contributed by atoms with van der Waals surface area (Å²) < 4.78 is 46.5. The normalized spacial score (nSPS) is 21.8. The Hall–Kier alpha value is -12.7. The van der Waals surface area contributed by atoms with Gasteiger partial charge in [-0.15, -0.1) is 0 Å². The van der Waals surface area contributed by atoms with E-state index in [2.05, 4.69) is 103 Å². The van der Waals surface area contributed by atoms with Crippen LogP contribution >= 0.6 is 0 Å². The van der Waals surface area contributed by atoms with Crippen LogP contribution in [0.1, 0.15) is 121 Å². The van der Waals surface area contributed by atoms with Gasteiger partial charge in [-0.1, -0.05) is 157 Å². The first-order chi connectivity index (χ1) is 52.4. The van der Waals surface area contributed by atoms with Crippen LogP contribution in [0.4, 0.5) is 16.2 Å². The molecule has 0 radical (unpaired) electrons. The second-order valence-electron chi connectivity index (χ2n) is 30.2. The lowest BCUT2D eigenvalue weighted by atomic mass is 9.72. The number of nitrogens with one attached hydrogen (secondary N) is 8. The van der Waals surface area contributed by atoms with Crippen molar-refractivity contribution in [2.45, 2.75) is 121 Å². The van der Waals surface area contributed by atoms with Crippen LogP contribution in [0.5, 0.6) is 11.5 Å². The van der Waals surface area contributed by atoms with Gasteiger partial charge in [0.25, 0.3) is 0 Å². The number of aromatic amines is 2. The number of benzene rings is 7. The molecule has 24 heteroatoms. The fourth-order valence-corrected chi connectivity index (χ4v) is 17.4. The second-order valence-corrected chi connectivity index (χ2v) is 30.2. The van der Waals surface area contributed by atoms with Crippen LogP contribution in [0.25, 0.3) is 89.9 Å². The molecular formula is C84H72N12O12. The minimum Gasteiger partial charge on any atom is -0.469 e. The van der Waals surface area contributed by atoms with Crippen molar-refractivity contribution in [3.63, 3.8) is 0 Å². The highest BCUT2D eigenvalue weighted by Gasteiger charge is 2.64. The molecule has 8 aliphatic rings. The first-order valence-corrected chi connectivity index (χ1v) is 36.5. The minimum atomic E-state index is -1.28. The van der Waals surface area contributed by atoms with Gasteiger partial charge >= 0.3 is 6.09 Å². The number of hydrogen-bond acceptors (Lipinski definition) is 18. The summed E-state index contributed by atoms with van der Waals surface area (Å²) in [6.07, 6.45) is 4.43. The van der Waals surface area contributed by atoms with E-state index < -0.39 is 77.4 Å². The lowest BCUT2D eigenvalue weighted by Crippen LogP contribution is -2.52. The number of carbonyl (C=O) groups excluding carboxylic acids is 4. The Kier molecular flexibility index (Phi) is 14.4. The highest BCUT2D eigenvalue weighted by Crippen LogP contribution is 2.64. The third-order valence-electron chi connectivity index (χ3n) is 22.7. The molecule has 13 aromatic rings. The maximum Gasteiger partial charge on any atom is 0.408 e. The molecule has 20 bridgehead atoms. The van der Waals surface area contributed by atoms with Crippen LogP contribution in [0, 0.1) is 24.7 Å². The lowest BCUT2D eigenvalue weighted by molar-refractivity contribution is -0.136. The van der Waals surface area contributed by atoms with Crippen LogP contribution in [0.15, 0.2) is 176 Å². The molecular weight excluding hydrogens is 1370 g/mol. The number of carbonyl (C=O) groups is 4. The molecule has 9 atom stereocenters. The number of amides is 4. The molecule has 540 valence electrons. The van der Waals surface area contributed by atoms with Gasteiger partial charge < -0.3 is 78.9 Å². The van der Waals surface area contributed by atoms with Gasteiger partial charge in [-0.05, 0) is 76.3 Å². The molecule has 2 spiro atoms. The maximum absolute atomic E-state index is 14.3. The number of nitrogens with zero attached hydrogens (tertiary/aromatic N) is 4. The number of anilines is 2. The number of aliphatic hydroxyl groups is 1. The summed E-state index contributed by atoms with van der Waals surface area (Å²) in [6.45, 7) is 13.6. The highest BCUT2D eigenvalue weighted by atomic mass is 16.5. The lowest BCUT2D eigenvalue weighted by Gasteiger charge is -2.29. The Bertz CT molecular complexity index is 5960. The summed E-state index contributed by atoms with van der Waals surface area (Å²) in [5.74, 6) is 2.42. The zero-order valence-electron chi connectivity index (χ0n) is 59.6. The molecule has 14 heterocycles. The Morgan fingerprint density at radius 3 is 1.66 bits per heavy atom. The number of ether oxygens (including phenoxy) is 3. The van der Waals surface area contributed by atoms with E-state index in [1.165, 1.54) is 0 Å². The SMILES string of the molecule is CC(C)[C@H](O)C(=O)N[C@H]1Cc2ccc3c(c2)[C@]24c5cccc(c5NC2O3)-c2cccc3[nH]cc(c23)-c2cnc(o2)-c2nc(oc24)[C@H](C(C)C)NC1=O.Cc1ccc2c3c(c[nH]c13)-c1cnc(o1)-c1nc3oc1[C@]14c5cc(ccc5OC1Nc1c-2cccc14)C[C@H](NC(=O)OCc1ccccc1)C(=O)N[C@H]3C(C)C. The zero-order valence-corrected chi connectivity index (χ0v) is 59.6. The van der Waals surface area contributed by atoms with Crippen LogP contribution in [-0.4, -0.2) is 89.5 Å². The number of aryl methyl sites for hydroxylation is 1. The highest BCUT2D eigenvalue weighted by molar-refractivity contribution is 6.10. The molecule has 0 fully saturated rings. The Morgan fingerprint density at radius 2 is 1.09 bits per heavy atom. The van der Waals surface area contributed by atoms with E-state index in [4.69, 9.17) is 51.8 Å². The van der Waals surface area contributed by atoms with Crippen molar-refractivity contribution in [3.05, 3.63) is 226 Å². The molecule has 8 aliphatic heterocycles. The van der Waals surface area contributed by atoms with Gasteiger partial charge in [0.05, 0.1) is 12.4 Å². The first-order valence-electron chi connectivity index (χ1n) is 36.5. The molecule has 0 aliphatic carbocycles. The summed E-state index contributed by atoms with van der Waals surface area (Å²) in [5, 5.41) is 32.2. The Labute approximate surface area is 616 Å². The first kappa shape index (κ1) is 64.9. The molecule has 2 unspecified atom stereocenters. The van der Waals surface area contributed by atoms with Crippen LogP contribution in [0.2, 0.25) is 0 Å². The van der Waals surface area contributed by atoms with Gasteiger partial charge in [-0.2, -0.15) is 0 Å². The van der Waals surface area contributed by atoms with Gasteiger partial charge in [0.15, 0.2) is 46.9 Å². The molecule has 21 rings (SSSR count). The van der Waals surface area contributed by atoms with E-state index in [0.717, 1.165) is 111 Å². The van der Waals surface area contributed by atoms with Crippen molar-refractivity contribution in [2.24, 2.45) is 17.8 Å². The monoisotopic (exact) mass is 1440 g/mol. The number of aliphatic hydroxyl groups excluding tert-OH is 1. The molecule has 4 amide bonds. The average Bonchev–Trinajstić information content (AvgIpc) is 1.52. The molecule has 0 saturated heterocycles. The number of aromatic nitrogens is 6. The van der Waals surface area contributed by atoms with Crippen molar-refractivity contribution >= 4 is 57.0 Å². The number of alkyl carbamates (subject to hydrolysis) is 1. The van der Waals surface area contributed by atoms with Gasteiger partial charge in [-0.25, -0.2) is 24.7 Å². The van der Waals surface area contributed by atoms with E-state index in [0.29, 0.717) is 45.9 Å². The smallest absolute Gasteiger partial charge is 0.408 e. The summed E-state index contributed by atoms with van der Waals surface area (Å²) in [4.78, 5) is 81.7. The van der Waals surface area contributed by atoms with Gasteiger partial charge in [0, 0.05) is 103 Å². The molecule has 108 heavy (non-hydrogen) atoms. The number of para-hydroxylation sites is 2. The molecule has 9 N–H and O–H groups in total. The predicted molar refractivity (Wildman–Crippen MR) is 398 cm³/mol. The average molecular weight is 1440 g/mol. The molecule has 24 nitrogen and oxygen atoms in total.